The molecule has 1 saturated heterocycles. The molecule has 3 atom stereocenters. The van der Waals surface area contributed by atoms with Crippen molar-refractivity contribution in [2.45, 2.75) is 50.6 Å². The number of carbonyl (C=O) groups is 4. The Bertz CT molecular complexity index is 853. The van der Waals surface area contributed by atoms with Gasteiger partial charge in [0.25, 0.3) is 11.8 Å². The number of anilines is 1. The van der Waals surface area contributed by atoms with Gasteiger partial charge in [0.15, 0.2) is 0 Å². The van der Waals surface area contributed by atoms with Crippen LogP contribution in [-0.4, -0.2) is 47.2 Å². The van der Waals surface area contributed by atoms with Crippen LogP contribution in [0.2, 0.25) is 0 Å². The highest BCUT2D eigenvalue weighted by atomic mass is 16.2. The van der Waals surface area contributed by atoms with Crippen molar-refractivity contribution < 1.29 is 19.2 Å². The van der Waals surface area contributed by atoms with Gasteiger partial charge in [0.05, 0.1) is 11.1 Å². The summed E-state index contributed by atoms with van der Waals surface area (Å²) in [6.45, 7) is 0.614. The Balaban J connectivity index is 1.55. The summed E-state index contributed by atoms with van der Waals surface area (Å²) < 4.78 is 0. The molecule has 4 rings (SSSR count). The number of nitrogens with zero attached hydrogens (tertiary/aromatic N) is 1. The Kier molecular flexibility index (Phi) is 4.89. The molecule has 0 aromatic heterocycles. The maximum absolute atomic E-state index is 12.9. The topological polar surface area (TPSA) is 122 Å². The molecule has 1 aromatic rings. The van der Waals surface area contributed by atoms with Gasteiger partial charge < -0.3 is 11.1 Å². The van der Waals surface area contributed by atoms with Crippen LogP contribution in [0.25, 0.3) is 0 Å². The molecule has 2 heterocycles. The lowest BCUT2D eigenvalue weighted by Gasteiger charge is -2.32. The van der Waals surface area contributed by atoms with Crippen LogP contribution in [0, 0.1) is 5.92 Å². The van der Waals surface area contributed by atoms with Gasteiger partial charge >= 0.3 is 0 Å². The first-order chi connectivity index (χ1) is 13.5. The third-order valence-corrected chi connectivity index (χ3v) is 6.00. The SMILES string of the molecule is NC[C@@H]1CCCC[C@@H]1Nc1ccc2c(c1)C(=O)N(C1CCC(=O)NC1=O)C2=O. The van der Waals surface area contributed by atoms with Gasteiger partial charge in [-0.25, -0.2) is 0 Å². The lowest BCUT2D eigenvalue weighted by molar-refractivity contribution is -0.136. The van der Waals surface area contributed by atoms with Crippen molar-refractivity contribution in [2.24, 2.45) is 11.7 Å². The maximum atomic E-state index is 12.9. The van der Waals surface area contributed by atoms with Crippen molar-refractivity contribution >= 4 is 29.3 Å². The second-order valence-corrected chi connectivity index (χ2v) is 7.74. The van der Waals surface area contributed by atoms with E-state index in [1.54, 1.807) is 18.2 Å². The average Bonchev–Trinajstić information content (AvgIpc) is 2.93. The van der Waals surface area contributed by atoms with Crippen LogP contribution in [0.15, 0.2) is 18.2 Å². The zero-order chi connectivity index (χ0) is 19.8. The number of amides is 4. The summed E-state index contributed by atoms with van der Waals surface area (Å²) in [6, 6.07) is 4.41. The molecule has 1 unspecified atom stereocenters. The highest BCUT2D eigenvalue weighted by Crippen LogP contribution is 2.31. The molecule has 28 heavy (non-hydrogen) atoms. The molecule has 8 nitrogen and oxygen atoms in total. The molecule has 8 heteroatoms. The Morgan fingerprint density at radius 1 is 1.04 bits per heavy atom. The highest BCUT2D eigenvalue weighted by molar-refractivity contribution is 6.23. The summed E-state index contributed by atoms with van der Waals surface area (Å²) in [7, 11) is 0. The number of rotatable bonds is 4. The molecule has 1 aromatic carbocycles. The summed E-state index contributed by atoms with van der Waals surface area (Å²) in [4.78, 5) is 50.1. The molecule has 3 aliphatic rings. The standard InChI is InChI=1S/C20H24N4O4/c21-10-11-3-1-2-4-15(11)22-12-5-6-13-14(9-12)20(28)24(19(13)27)16-7-8-17(25)23-18(16)26/h5-6,9,11,15-16,22H,1-4,7-8,10,21H2,(H,23,25,26)/t11-,15-,16?/m0/s1. The number of benzene rings is 1. The Morgan fingerprint density at radius 3 is 2.54 bits per heavy atom. The number of nitrogens with two attached hydrogens (primary N) is 1. The fourth-order valence-corrected chi connectivity index (χ4v) is 4.45. The summed E-state index contributed by atoms with van der Waals surface area (Å²) in [5.74, 6) is -1.57. The van der Waals surface area contributed by atoms with E-state index < -0.39 is 23.8 Å². The lowest BCUT2D eigenvalue weighted by Crippen LogP contribution is -2.54. The zero-order valence-corrected chi connectivity index (χ0v) is 15.6. The first kappa shape index (κ1) is 18.6. The highest BCUT2D eigenvalue weighted by Gasteiger charge is 2.44. The second-order valence-electron chi connectivity index (χ2n) is 7.74. The Labute approximate surface area is 162 Å². The monoisotopic (exact) mass is 384 g/mol. The van der Waals surface area contributed by atoms with Crippen LogP contribution in [0.3, 0.4) is 0 Å². The van der Waals surface area contributed by atoms with Gasteiger partial charge in [-0.2, -0.15) is 0 Å². The largest absolute Gasteiger partial charge is 0.382 e. The third-order valence-electron chi connectivity index (χ3n) is 6.00. The predicted octanol–water partition coefficient (Wildman–Crippen LogP) is 1.02. The van der Waals surface area contributed by atoms with Crippen molar-refractivity contribution in [1.82, 2.24) is 10.2 Å². The fraction of sp³-hybridized carbons (Fsp3) is 0.500. The molecular formula is C20H24N4O4. The Morgan fingerprint density at radius 2 is 1.79 bits per heavy atom. The molecule has 148 valence electrons. The van der Waals surface area contributed by atoms with Crippen molar-refractivity contribution in [3.8, 4) is 0 Å². The molecule has 2 aliphatic heterocycles. The van der Waals surface area contributed by atoms with Crippen molar-refractivity contribution in [3.05, 3.63) is 29.3 Å². The number of hydrogen-bond donors (Lipinski definition) is 3. The van der Waals surface area contributed by atoms with Crippen molar-refractivity contribution in [3.63, 3.8) is 0 Å². The summed E-state index contributed by atoms with van der Waals surface area (Å²) in [5.41, 5.74) is 7.25. The van der Waals surface area contributed by atoms with E-state index >= 15 is 0 Å². The average molecular weight is 384 g/mol. The van der Waals surface area contributed by atoms with Gasteiger partial charge in [-0.15, -0.1) is 0 Å². The fourth-order valence-electron chi connectivity index (χ4n) is 4.45. The minimum absolute atomic E-state index is 0.110. The van der Waals surface area contributed by atoms with Crippen molar-refractivity contribution in [2.75, 3.05) is 11.9 Å². The van der Waals surface area contributed by atoms with E-state index in [0.717, 1.165) is 29.8 Å². The quantitative estimate of drug-likeness (QED) is 0.666. The van der Waals surface area contributed by atoms with Crippen LogP contribution in [0.1, 0.15) is 59.2 Å². The molecule has 2 fully saturated rings. The summed E-state index contributed by atoms with van der Waals surface area (Å²) in [6.07, 6.45) is 4.69. The molecule has 1 saturated carbocycles. The smallest absolute Gasteiger partial charge is 0.262 e. The molecular weight excluding hydrogens is 360 g/mol. The van der Waals surface area contributed by atoms with E-state index in [4.69, 9.17) is 5.73 Å². The number of hydrogen-bond acceptors (Lipinski definition) is 6. The van der Waals surface area contributed by atoms with Crippen molar-refractivity contribution in [1.29, 1.82) is 0 Å². The number of imide groups is 2. The molecule has 0 radical (unpaired) electrons. The maximum Gasteiger partial charge on any atom is 0.262 e. The van der Waals surface area contributed by atoms with Crippen LogP contribution < -0.4 is 16.4 Å². The number of nitrogens with one attached hydrogen (secondary N) is 2. The van der Waals surface area contributed by atoms with Gasteiger partial charge in [-0.3, -0.25) is 29.4 Å². The van der Waals surface area contributed by atoms with Crippen LogP contribution >= 0.6 is 0 Å². The second kappa shape index (κ2) is 7.35. The van der Waals surface area contributed by atoms with E-state index in [1.165, 1.54) is 6.42 Å². The third kappa shape index (κ3) is 3.17. The summed E-state index contributed by atoms with van der Waals surface area (Å²) in [5, 5.41) is 5.67. The minimum atomic E-state index is -0.943. The van der Waals surface area contributed by atoms with Crippen LogP contribution in [0.4, 0.5) is 5.69 Å². The van der Waals surface area contributed by atoms with E-state index in [1.807, 2.05) is 0 Å². The van der Waals surface area contributed by atoms with E-state index in [2.05, 4.69) is 10.6 Å². The van der Waals surface area contributed by atoms with Gasteiger partial charge in [0.1, 0.15) is 6.04 Å². The van der Waals surface area contributed by atoms with Gasteiger partial charge in [0, 0.05) is 18.2 Å². The molecule has 4 amide bonds. The van der Waals surface area contributed by atoms with Crippen LogP contribution in [-0.2, 0) is 9.59 Å². The zero-order valence-electron chi connectivity index (χ0n) is 15.6. The van der Waals surface area contributed by atoms with Gasteiger partial charge in [-0.1, -0.05) is 12.8 Å². The number of carbonyl (C=O) groups excluding carboxylic acids is 4. The number of fused-ring (bicyclic) bond motifs is 1. The van der Waals surface area contributed by atoms with Crippen LogP contribution in [0.5, 0.6) is 0 Å². The first-order valence-electron chi connectivity index (χ1n) is 9.82. The van der Waals surface area contributed by atoms with E-state index in [-0.39, 0.29) is 24.8 Å². The van der Waals surface area contributed by atoms with E-state index in [0.29, 0.717) is 23.6 Å². The molecule has 0 spiro atoms. The van der Waals surface area contributed by atoms with Gasteiger partial charge in [0.2, 0.25) is 11.8 Å². The minimum Gasteiger partial charge on any atom is -0.382 e. The molecule has 1 aliphatic carbocycles. The normalized spacial score (nSPS) is 27.6. The molecule has 0 bridgehead atoms. The summed E-state index contributed by atoms with van der Waals surface area (Å²) >= 11 is 0. The Hall–Kier alpha value is -2.74. The van der Waals surface area contributed by atoms with Gasteiger partial charge in [-0.05, 0) is 49.9 Å². The molecule has 4 N–H and O–H groups in total. The first-order valence-corrected chi connectivity index (χ1v) is 9.82. The predicted molar refractivity (Wildman–Crippen MR) is 102 cm³/mol. The lowest BCUT2D eigenvalue weighted by atomic mass is 9.84. The number of piperidine rings is 1. The van der Waals surface area contributed by atoms with E-state index in [9.17, 15) is 19.2 Å².